The van der Waals surface area contributed by atoms with Crippen molar-refractivity contribution in [1.82, 2.24) is 0 Å². The molecule has 0 N–H and O–H groups in total. The van der Waals surface area contributed by atoms with E-state index in [1.807, 2.05) is 0 Å². The summed E-state index contributed by atoms with van der Waals surface area (Å²) in [6.07, 6.45) is 4.92. The van der Waals surface area contributed by atoms with Gasteiger partial charge in [0.05, 0.1) is 0 Å². The fourth-order valence-corrected chi connectivity index (χ4v) is 1.39. The summed E-state index contributed by atoms with van der Waals surface area (Å²) in [7, 11) is 0. The maximum absolute atomic E-state index is 3.72. The van der Waals surface area contributed by atoms with Gasteiger partial charge in [0, 0.05) is 0 Å². The number of rotatable bonds is 5. The Morgan fingerprint density at radius 1 is 1.36 bits per heavy atom. The normalized spacial score (nSPS) is 12.3. The standard InChI is InChI=1S/C11H20/c1-5-8-10(4)11(7-3)9-6-2/h10H,3,5-6,8-9H2,1-2,4H3. The Balaban J connectivity index is 3.93. The highest BCUT2D eigenvalue weighted by Gasteiger charge is 2.04. The zero-order valence-electron chi connectivity index (χ0n) is 8.11. The van der Waals surface area contributed by atoms with E-state index in [9.17, 15) is 0 Å². The van der Waals surface area contributed by atoms with Crippen molar-refractivity contribution >= 4 is 0 Å². The van der Waals surface area contributed by atoms with Crippen LogP contribution in [0.2, 0.25) is 0 Å². The molecule has 0 radical (unpaired) electrons. The van der Waals surface area contributed by atoms with Gasteiger partial charge in [-0.05, 0) is 24.3 Å². The minimum Gasteiger partial charge on any atom is -0.129 e. The zero-order chi connectivity index (χ0) is 8.69. The molecule has 1 atom stereocenters. The molecule has 0 saturated heterocycles. The van der Waals surface area contributed by atoms with Crippen molar-refractivity contribution in [3.63, 3.8) is 0 Å². The van der Waals surface area contributed by atoms with Crippen LogP contribution in [0.1, 0.15) is 46.5 Å². The topological polar surface area (TPSA) is 0 Å². The average Bonchev–Trinajstić information content (AvgIpc) is 2.00. The quantitative estimate of drug-likeness (QED) is 0.523. The average molecular weight is 152 g/mol. The van der Waals surface area contributed by atoms with E-state index in [1.165, 1.54) is 31.3 Å². The molecule has 0 bridgehead atoms. The van der Waals surface area contributed by atoms with E-state index < -0.39 is 0 Å². The van der Waals surface area contributed by atoms with Gasteiger partial charge in [0.1, 0.15) is 0 Å². The van der Waals surface area contributed by atoms with Gasteiger partial charge in [-0.15, -0.1) is 5.73 Å². The summed E-state index contributed by atoms with van der Waals surface area (Å²) in [6.45, 7) is 10.4. The van der Waals surface area contributed by atoms with E-state index in [4.69, 9.17) is 0 Å². The van der Waals surface area contributed by atoms with Crippen molar-refractivity contribution in [2.75, 3.05) is 0 Å². The van der Waals surface area contributed by atoms with Gasteiger partial charge in [-0.3, -0.25) is 0 Å². The van der Waals surface area contributed by atoms with Gasteiger partial charge in [0.25, 0.3) is 0 Å². The fourth-order valence-electron chi connectivity index (χ4n) is 1.39. The van der Waals surface area contributed by atoms with Crippen LogP contribution in [-0.4, -0.2) is 0 Å². The minimum absolute atomic E-state index is 0.692. The predicted octanol–water partition coefficient (Wildman–Crippen LogP) is 3.93. The lowest BCUT2D eigenvalue weighted by molar-refractivity contribution is 0.577. The van der Waals surface area contributed by atoms with Gasteiger partial charge < -0.3 is 0 Å². The highest BCUT2D eigenvalue weighted by atomic mass is 14.1. The monoisotopic (exact) mass is 152 g/mol. The summed E-state index contributed by atoms with van der Waals surface area (Å²) in [5.74, 6) is 0.692. The lowest BCUT2D eigenvalue weighted by atomic mass is 9.94. The van der Waals surface area contributed by atoms with Crippen LogP contribution in [0.25, 0.3) is 0 Å². The van der Waals surface area contributed by atoms with Crippen LogP contribution in [0.3, 0.4) is 0 Å². The summed E-state index contributed by atoms with van der Waals surface area (Å²) in [5.41, 5.74) is 4.47. The van der Waals surface area contributed by atoms with E-state index in [1.54, 1.807) is 0 Å². The minimum atomic E-state index is 0.692. The molecule has 0 heteroatoms. The van der Waals surface area contributed by atoms with Crippen LogP contribution >= 0.6 is 0 Å². The Kier molecular flexibility index (Phi) is 5.97. The lowest BCUT2D eigenvalue weighted by Gasteiger charge is -2.11. The highest BCUT2D eigenvalue weighted by molar-refractivity contribution is 5.02. The maximum atomic E-state index is 3.72. The van der Waals surface area contributed by atoms with Crippen LogP contribution in [0.4, 0.5) is 0 Å². The number of hydrogen-bond acceptors (Lipinski definition) is 0. The second-order valence-corrected chi connectivity index (χ2v) is 3.14. The van der Waals surface area contributed by atoms with Gasteiger partial charge in [0.2, 0.25) is 0 Å². The molecule has 0 amide bonds. The number of allylic oxidation sites excluding steroid dienone is 1. The molecule has 64 valence electrons. The molecule has 1 unspecified atom stereocenters. The Labute approximate surface area is 71.0 Å². The van der Waals surface area contributed by atoms with E-state index in [0.29, 0.717) is 5.92 Å². The predicted molar refractivity (Wildman–Crippen MR) is 51.6 cm³/mol. The second kappa shape index (κ2) is 6.24. The van der Waals surface area contributed by atoms with Gasteiger partial charge in [-0.25, -0.2) is 0 Å². The third kappa shape index (κ3) is 4.06. The highest BCUT2D eigenvalue weighted by Crippen LogP contribution is 2.19. The maximum Gasteiger partial charge on any atom is -0.0156 e. The molecule has 0 spiro atoms. The van der Waals surface area contributed by atoms with Gasteiger partial charge in [-0.1, -0.05) is 40.2 Å². The molecule has 0 nitrogen and oxygen atoms in total. The zero-order valence-corrected chi connectivity index (χ0v) is 8.11. The first-order valence-corrected chi connectivity index (χ1v) is 4.65. The first-order chi connectivity index (χ1) is 5.26. The van der Waals surface area contributed by atoms with Crippen LogP contribution < -0.4 is 0 Å². The van der Waals surface area contributed by atoms with Crippen molar-refractivity contribution < 1.29 is 0 Å². The third-order valence-electron chi connectivity index (χ3n) is 2.06. The molecule has 0 aliphatic carbocycles. The van der Waals surface area contributed by atoms with Crippen molar-refractivity contribution in [2.45, 2.75) is 46.5 Å². The Bertz CT molecular complexity index is 138. The molecule has 0 aromatic heterocycles. The van der Waals surface area contributed by atoms with Gasteiger partial charge >= 0.3 is 0 Å². The molecule has 0 aromatic rings. The fraction of sp³-hybridized carbons (Fsp3) is 0.727. The molecule has 0 aliphatic heterocycles. The lowest BCUT2D eigenvalue weighted by Crippen LogP contribution is -1.97. The van der Waals surface area contributed by atoms with Crippen molar-refractivity contribution in [1.29, 1.82) is 0 Å². The number of hydrogen-bond donors (Lipinski definition) is 0. The van der Waals surface area contributed by atoms with Crippen LogP contribution in [-0.2, 0) is 0 Å². The van der Waals surface area contributed by atoms with Crippen LogP contribution in [0, 0.1) is 5.92 Å². The second-order valence-electron chi connectivity index (χ2n) is 3.14. The summed E-state index contributed by atoms with van der Waals surface area (Å²) in [6, 6.07) is 0. The molecular weight excluding hydrogens is 132 g/mol. The first kappa shape index (κ1) is 10.5. The van der Waals surface area contributed by atoms with E-state index in [2.05, 4.69) is 33.1 Å². The molecule has 0 fully saturated rings. The van der Waals surface area contributed by atoms with Crippen molar-refractivity contribution in [2.24, 2.45) is 5.92 Å². The van der Waals surface area contributed by atoms with Gasteiger partial charge in [0.15, 0.2) is 0 Å². The van der Waals surface area contributed by atoms with Crippen molar-refractivity contribution in [3.05, 3.63) is 17.9 Å². The first-order valence-electron chi connectivity index (χ1n) is 4.65. The van der Waals surface area contributed by atoms with E-state index in [0.717, 1.165) is 0 Å². The Morgan fingerprint density at radius 2 is 2.00 bits per heavy atom. The summed E-state index contributed by atoms with van der Waals surface area (Å²) >= 11 is 0. The summed E-state index contributed by atoms with van der Waals surface area (Å²) < 4.78 is 0. The molecule has 0 rings (SSSR count). The third-order valence-corrected chi connectivity index (χ3v) is 2.06. The smallest absolute Gasteiger partial charge is 0.0156 e. The molecular formula is C11H20. The summed E-state index contributed by atoms with van der Waals surface area (Å²) in [5, 5.41) is 0. The Hall–Kier alpha value is -0.480. The molecule has 0 aliphatic rings. The van der Waals surface area contributed by atoms with E-state index in [-0.39, 0.29) is 0 Å². The SMILES string of the molecule is C=C=C(CCC)C(C)CCC. The van der Waals surface area contributed by atoms with Crippen LogP contribution in [0.5, 0.6) is 0 Å². The molecule has 11 heavy (non-hydrogen) atoms. The Morgan fingerprint density at radius 3 is 2.36 bits per heavy atom. The van der Waals surface area contributed by atoms with E-state index >= 15 is 0 Å². The van der Waals surface area contributed by atoms with Crippen molar-refractivity contribution in [3.8, 4) is 0 Å². The molecule has 0 aromatic carbocycles. The summed E-state index contributed by atoms with van der Waals surface area (Å²) in [4.78, 5) is 0. The molecule has 0 saturated carbocycles. The largest absolute Gasteiger partial charge is 0.129 e. The van der Waals surface area contributed by atoms with Gasteiger partial charge in [-0.2, -0.15) is 0 Å². The van der Waals surface area contributed by atoms with Crippen LogP contribution in [0.15, 0.2) is 17.9 Å². The molecule has 0 heterocycles.